The Morgan fingerprint density at radius 1 is 1.24 bits per heavy atom. The van der Waals surface area contributed by atoms with Crippen LogP contribution < -0.4 is 10.1 Å². The standard InChI is InChI=1S/C18H17BrFNO4/c1-11(25-18(23)14-9-13(19)7-8-15(14)20)17(22)21-10-12-5-3-4-6-16(12)24-2/h3-9,11H,10H2,1-2H3,(H,21,22)/t11-/m1/s1. The second kappa shape index (κ2) is 8.62. The van der Waals surface area contributed by atoms with Gasteiger partial charge < -0.3 is 14.8 Å². The SMILES string of the molecule is COc1ccccc1CNC(=O)[C@@H](C)OC(=O)c1cc(Br)ccc1F. The molecule has 0 saturated carbocycles. The van der Waals surface area contributed by atoms with Crippen LogP contribution >= 0.6 is 15.9 Å². The first-order valence-electron chi connectivity index (χ1n) is 7.48. The van der Waals surface area contributed by atoms with Crippen LogP contribution in [0.4, 0.5) is 4.39 Å². The number of carbonyl (C=O) groups excluding carboxylic acids is 2. The van der Waals surface area contributed by atoms with Crippen molar-refractivity contribution in [1.82, 2.24) is 5.32 Å². The first-order valence-corrected chi connectivity index (χ1v) is 8.27. The van der Waals surface area contributed by atoms with Gasteiger partial charge in [0.05, 0.1) is 12.7 Å². The van der Waals surface area contributed by atoms with Crippen molar-refractivity contribution in [3.05, 3.63) is 63.9 Å². The molecule has 0 aliphatic carbocycles. The van der Waals surface area contributed by atoms with Gasteiger partial charge in [-0.2, -0.15) is 0 Å². The maximum atomic E-state index is 13.7. The molecule has 2 aromatic carbocycles. The highest BCUT2D eigenvalue weighted by Crippen LogP contribution is 2.18. The van der Waals surface area contributed by atoms with E-state index in [0.29, 0.717) is 10.2 Å². The Morgan fingerprint density at radius 3 is 2.68 bits per heavy atom. The fraction of sp³-hybridized carbons (Fsp3) is 0.222. The number of hydrogen-bond acceptors (Lipinski definition) is 4. The summed E-state index contributed by atoms with van der Waals surface area (Å²) < 4.78 is 24.5. The second-order valence-corrected chi connectivity index (χ2v) is 6.12. The van der Waals surface area contributed by atoms with Gasteiger partial charge in [-0.05, 0) is 31.2 Å². The molecule has 0 radical (unpaired) electrons. The quantitative estimate of drug-likeness (QED) is 0.741. The third-order valence-corrected chi connectivity index (χ3v) is 3.94. The smallest absolute Gasteiger partial charge is 0.341 e. The van der Waals surface area contributed by atoms with Crippen molar-refractivity contribution < 1.29 is 23.5 Å². The number of ether oxygens (including phenoxy) is 2. The molecule has 5 nitrogen and oxygen atoms in total. The summed E-state index contributed by atoms with van der Waals surface area (Å²) in [5, 5.41) is 2.66. The van der Waals surface area contributed by atoms with Crippen LogP contribution in [0.3, 0.4) is 0 Å². The van der Waals surface area contributed by atoms with Crippen LogP contribution in [-0.4, -0.2) is 25.1 Å². The highest BCUT2D eigenvalue weighted by atomic mass is 79.9. The molecule has 1 atom stereocenters. The van der Waals surface area contributed by atoms with E-state index in [-0.39, 0.29) is 12.1 Å². The monoisotopic (exact) mass is 409 g/mol. The van der Waals surface area contributed by atoms with E-state index in [2.05, 4.69) is 21.2 Å². The van der Waals surface area contributed by atoms with E-state index in [1.165, 1.54) is 26.2 Å². The zero-order valence-corrected chi connectivity index (χ0v) is 15.3. The van der Waals surface area contributed by atoms with Crippen LogP contribution in [-0.2, 0) is 16.1 Å². The van der Waals surface area contributed by atoms with E-state index in [1.54, 1.807) is 6.07 Å². The van der Waals surface area contributed by atoms with Crippen LogP contribution in [0.1, 0.15) is 22.8 Å². The Balaban J connectivity index is 1.96. The third-order valence-electron chi connectivity index (χ3n) is 3.45. The average Bonchev–Trinajstić information content (AvgIpc) is 2.61. The Morgan fingerprint density at radius 2 is 1.96 bits per heavy atom. The number of carbonyl (C=O) groups is 2. The number of rotatable bonds is 6. The maximum Gasteiger partial charge on any atom is 0.341 e. The maximum absolute atomic E-state index is 13.7. The lowest BCUT2D eigenvalue weighted by Crippen LogP contribution is -2.35. The molecule has 25 heavy (non-hydrogen) atoms. The van der Waals surface area contributed by atoms with Crippen LogP contribution in [0.5, 0.6) is 5.75 Å². The number of benzene rings is 2. The van der Waals surface area contributed by atoms with E-state index in [4.69, 9.17) is 9.47 Å². The van der Waals surface area contributed by atoms with Crippen LogP contribution in [0.25, 0.3) is 0 Å². The fourth-order valence-electron chi connectivity index (χ4n) is 2.11. The summed E-state index contributed by atoms with van der Waals surface area (Å²) in [6.07, 6.45) is -1.07. The highest BCUT2D eigenvalue weighted by Gasteiger charge is 2.21. The molecule has 0 aromatic heterocycles. The summed E-state index contributed by atoms with van der Waals surface area (Å²) in [7, 11) is 1.54. The Kier molecular flexibility index (Phi) is 6.52. The van der Waals surface area contributed by atoms with Gasteiger partial charge in [0.25, 0.3) is 5.91 Å². The minimum atomic E-state index is -1.07. The number of para-hydroxylation sites is 1. The number of halogens is 2. The summed E-state index contributed by atoms with van der Waals surface area (Å²) in [6.45, 7) is 1.64. The number of methoxy groups -OCH3 is 1. The van der Waals surface area contributed by atoms with E-state index in [9.17, 15) is 14.0 Å². The van der Waals surface area contributed by atoms with Crippen molar-refractivity contribution in [2.24, 2.45) is 0 Å². The van der Waals surface area contributed by atoms with Crippen molar-refractivity contribution in [1.29, 1.82) is 0 Å². The average molecular weight is 410 g/mol. The molecule has 2 aromatic rings. The summed E-state index contributed by atoms with van der Waals surface area (Å²) in [5.41, 5.74) is 0.550. The molecule has 2 rings (SSSR count). The van der Waals surface area contributed by atoms with Crippen LogP contribution in [0.2, 0.25) is 0 Å². The molecule has 132 valence electrons. The molecule has 0 unspecified atom stereocenters. The van der Waals surface area contributed by atoms with Crippen molar-refractivity contribution in [2.75, 3.05) is 7.11 Å². The first kappa shape index (κ1) is 18.9. The highest BCUT2D eigenvalue weighted by molar-refractivity contribution is 9.10. The van der Waals surface area contributed by atoms with Gasteiger partial charge in [0.15, 0.2) is 6.10 Å². The summed E-state index contributed by atoms with van der Waals surface area (Å²) in [5.74, 6) is -1.47. The molecule has 0 aliphatic rings. The molecule has 1 amide bonds. The number of esters is 1. The normalized spacial score (nSPS) is 11.5. The predicted octanol–water partition coefficient (Wildman–Crippen LogP) is 3.46. The van der Waals surface area contributed by atoms with E-state index >= 15 is 0 Å². The summed E-state index contributed by atoms with van der Waals surface area (Å²) in [6, 6.07) is 11.2. The third kappa shape index (κ3) is 5.03. The fourth-order valence-corrected chi connectivity index (χ4v) is 2.47. The van der Waals surface area contributed by atoms with Gasteiger partial charge in [-0.25, -0.2) is 9.18 Å². The van der Waals surface area contributed by atoms with Gasteiger partial charge >= 0.3 is 5.97 Å². The Bertz CT molecular complexity index is 781. The van der Waals surface area contributed by atoms with Crippen molar-refractivity contribution >= 4 is 27.8 Å². The van der Waals surface area contributed by atoms with Crippen molar-refractivity contribution in [3.63, 3.8) is 0 Å². The van der Waals surface area contributed by atoms with E-state index in [0.717, 1.165) is 11.6 Å². The molecular weight excluding hydrogens is 393 g/mol. The largest absolute Gasteiger partial charge is 0.496 e. The van der Waals surface area contributed by atoms with Gasteiger partial charge in [0, 0.05) is 16.6 Å². The van der Waals surface area contributed by atoms with E-state index in [1.807, 2.05) is 18.2 Å². The van der Waals surface area contributed by atoms with Crippen molar-refractivity contribution in [2.45, 2.75) is 19.6 Å². The van der Waals surface area contributed by atoms with Gasteiger partial charge in [0.1, 0.15) is 11.6 Å². The summed E-state index contributed by atoms with van der Waals surface area (Å²) >= 11 is 3.16. The number of hydrogen-bond donors (Lipinski definition) is 1. The zero-order chi connectivity index (χ0) is 18.4. The lowest BCUT2D eigenvalue weighted by molar-refractivity contribution is -0.129. The molecule has 1 N–H and O–H groups in total. The predicted molar refractivity (Wildman–Crippen MR) is 93.8 cm³/mol. The molecule has 0 bridgehead atoms. The zero-order valence-electron chi connectivity index (χ0n) is 13.7. The minimum Gasteiger partial charge on any atom is -0.496 e. The number of amides is 1. The molecule has 0 fully saturated rings. The first-order chi connectivity index (χ1) is 11.9. The van der Waals surface area contributed by atoms with Crippen LogP contribution in [0.15, 0.2) is 46.9 Å². The topological polar surface area (TPSA) is 64.6 Å². The van der Waals surface area contributed by atoms with Crippen molar-refractivity contribution in [3.8, 4) is 5.75 Å². The van der Waals surface area contributed by atoms with Crippen LogP contribution in [0, 0.1) is 5.82 Å². The van der Waals surface area contributed by atoms with Gasteiger partial charge in [0.2, 0.25) is 0 Å². The lowest BCUT2D eigenvalue weighted by atomic mass is 10.2. The number of nitrogens with one attached hydrogen (secondary N) is 1. The Hall–Kier alpha value is -2.41. The minimum absolute atomic E-state index is 0.218. The van der Waals surface area contributed by atoms with Gasteiger partial charge in [-0.15, -0.1) is 0 Å². The molecular formula is C18H17BrFNO4. The van der Waals surface area contributed by atoms with Gasteiger partial charge in [-0.3, -0.25) is 4.79 Å². The lowest BCUT2D eigenvalue weighted by Gasteiger charge is -2.15. The molecule has 0 spiro atoms. The molecule has 0 heterocycles. The Labute approximate surface area is 153 Å². The second-order valence-electron chi connectivity index (χ2n) is 5.20. The summed E-state index contributed by atoms with van der Waals surface area (Å²) in [4.78, 5) is 24.1. The van der Waals surface area contributed by atoms with E-state index < -0.39 is 23.8 Å². The van der Waals surface area contributed by atoms with Gasteiger partial charge in [-0.1, -0.05) is 34.1 Å². The molecule has 0 saturated heterocycles. The molecule has 0 aliphatic heterocycles. The molecule has 7 heteroatoms.